The second-order valence-electron chi connectivity index (χ2n) is 6.58. The van der Waals surface area contributed by atoms with E-state index in [1.54, 1.807) is 0 Å². The molecule has 2 saturated heterocycles. The predicted octanol–water partition coefficient (Wildman–Crippen LogP) is 2.78. The number of rotatable bonds is 1. The largest absolute Gasteiger partial charge is 0.317 e. The highest BCUT2D eigenvalue weighted by atomic mass is 15.2. The van der Waals surface area contributed by atoms with Crippen LogP contribution in [-0.4, -0.2) is 37.1 Å². The third-order valence-corrected chi connectivity index (χ3v) is 5.58. The maximum Gasteiger partial charge on any atom is 0.0108 e. The highest BCUT2D eigenvalue weighted by Crippen LogP contribution is 2.46. The van der Waals surface area contributed by atoms with Gasteiger partial charge >= 0.3 is 0 Å². The molecule has 1 spiro atoms. The van der Waals surface area contributed by atoms with Gasteiger partial charge in [-0.3, -0.25) is 0 Å². The zero-order valence-electron chi connectivity index (χ0n) is 11.2. The fraction of sp³-hybridized carbons (Fsp3) is 1.00. The number of likely N-dealkylation sites (tertiary alicyclic amines) is 1. The molecule has 1 unspecified atom stereocenters. The van der Waals surface area contributed by atoms with Crippen molar-refractivity contribution in [2.45, 2.75) is 63.8 Å². The van der Waals surface area contributed by atoms with Gasteiger partial charge in [0.15, 0.2) is 0 Å². The molecule has 3 rings (SSSR count). The Kier molecular flexibility index (Phi) is 3.72. The smallest absolute Gasteiger partial charge is 0.0108 e. The first-order chi connectivity index (χ1) is 8.38. The van der Waals surface area contributed by atoms with Gasteiger partial charge in [-0.15, -0.1) is 0 Å². The summed E-state index contributed by atoms with van der Waals surface area (Å²) in [6.45, 7) is 5.27. The third-order valence-electron chi connectivity index (χ3n) is 5.58. The summed E-state index contributed by atoms with van der Waals surface area (Å²) in [4.78, 5) is 2.82. The van der Waals surface area contributed by atoms with Gasteiger partial charge in [0.2, 0.25) is 0 Å². The zero-order valence-corrected chi connectivity index (χ0v) is 11.2. The molecule has 3 fully saturated rings. The van der Waals surface area contributed by atoms with Crippen LogP contribution in [0.1, 0.15) is 57.8 Å². The molecule has 98 valence electrons. The van der Waals surface area contributed by atoms with Crippen molar-refractivity contribution in [2.24, 2.45) is 5.41 Å². The molecule has 0 aromatic heterocycles. The lowest BCUT2D eigenvalue weighted by Crippen LogP contribution is -2.44. The standard InChI is InChI=1S/C15H28N2/c1-2-7-15(6-1)8-12-17(13-9-15)14-4-3-10-16-11-5-14/h14,16H,1-13H2. The lowest BCUT2D eigenvalue weighted by molar-refractivity contribution is 0.0712. The fourth-order valence-corrected chi connectivity index (χ4v) is 4.35. The van der Waals surface area contributed by atoms with Crippen molar-refractivity contribution < 1.29 is 0 Å². The van der Waals surface area contributed by atoms with Crippen molar-refractivity contribution in [3.63, 3.8) is 0 Å². The van der Waals surface area contributed by atoms with Gasteiger partial charge in [0, 0.05) is 6.04 Å². The Morgan fingerprint density at radius 3 is 2.35 bits per heavy atom. The molecule has 1 N–H and O–H groups in total. The minimum atomic E-state index is 0.791. The van der Waals surface area contributed by atoms with Crippen LogP contribution in [0.4, 0.5) is 0 Å². The van der Waals surface area contributed by atoms with Crippen molar-refractivity contribution in [1.29, 1.82) is 0 Å². The van der Waals surface area contributed by atoms with E-state index in [4.69, 9.17) is 0 Å². The SMILES string of the molecule is C1CNCCC(N2CCC3(CCCC3)CC2)C1. The van der Waals surface area contributed by atoms with Gasteiger partial charge in [-0.05, 0) is 76.5 Å². The second-order valence-corrected chi connectivity index (χ2v) is 6.58. The van der Waals surface area contributed by atoms with Gasteiger partial charge < -0.3 is 10.2 Å². The minimum absolute atomic E-state index is 0.791. The van der Waals surface area contributed by atoms with Gasteiger partial charge in [-0.2, -0.15) is 0 Å². The van der Waals surface area contributed by atoms with E-state index in [2.05, 4.69) is 10.2 Å². The van der Waals surface area contributed by atoms with Gasteiger partial charge in [0.25, 0.3) is 0 Å². The average Bonchev–Trinajstić information content (AvgIpc) is 2.65. The van der Waals surface area contributed by atoms with E-state index in [9.17, 15) is 0 Å². The number of nitrogens with one attached hydrogen (secondary N) is 1. The van der Waals surface area contributed by atoms with E-state index in [-0.39, 0.29) is 0 Å². The van der Waals surface area contributed by atoms with Crippen LogP contribution in [0.2, 0.25) is 0 Å². The molecule has 0 amide bonds. The highest BCUT2D eigenvalue weighted by Gasteiger charge is 2.38. The summed E-state index contributed by atoms with van der Waals surface area (Å²) < 4.78 is 0. The summed E-state index contributed by atoms with van der Waals surface area (Å²) in [5.74, 6) is 0. The average molecular weight is 236 g/mol. The van der Waals surface area contributed by atoms with Crippen LogP contribution in [0.25, 0.3) is 0 Å². The zero-order chi connectivity index (χ0) is 11.6. The molecule has 1 saturated carbocycles. The molecule has 3 aliphatic rings. The molecule has 2 aliphatic heterocycles. The first-order valence-electron chi connectivity index (χ1n) is 7.83. The van der Waals surface area contributed by atoms with Crippen LogP contribution in [0.15, 0.2) is 0 Å². The normalized spacial score (nSPS) is 34.9. The first-order valence-corrected chi connectivity index (χ1v) is 7.83. The molecule has 2 heterocycles. The van der Waals surface area contributed by atoms with E-state index >= 15 is 0 Å². The van der Waals surface area contributed by atoms with Gasteiger partial charge in [-0.25, -0.2) is 0 Å². The summed E-state index contributed by atoms with van der Waals surface area (Å²) >= 11 is 0. The van der Waals surface area contributed by atoms with Gasteiger partial charge in [-0.1, -0.05) is 12.8 Å². The van der Waals surface area contributed by atoms with Gasteiger partial charge in [0.05, 0.1) is 0 Å². The van der Waals surface area contributed by atoms with Crippen molar-refractivity contribution in [3.05, 3.63) is 0 Å². The Balaban J connectivity index is 1.53. The fourth-order valence-electron chi connectivity index (χ4n) is 4.35. The monoisotopic (exact) mass is 236 g/mol. The summed E-state index contributed by atoms with van der Waals surface area (Å²) in [5.41, 5.74) is 0.791. The minimum Gasteiger partial charge on any atom is -0.317 e. The summed E-state index contributed by atoms with van der Waals surface area (Å²) in [5, 5.41) is 3.54. The van der Waals surface area contributed by atoms with Crippen molar-refractivity contribution in [2.75, 3.05) is 26.2 Å². The molecule has 0 aromatic rings. The van der Waals surface area contributed by atoms with Gasteiger partial charge in [0.1, 0.15) is 0 Å². The molecular formula is C15H28N2. The van der Waals surface area contributed by atoms with Crippen LogP contribution in [-0.2, 0) is 0 Å². The lowest BCUT2D eigenvalue weighted by Gasteiger charge is -2.42. The van der Waals surface area contributed by atoms with Crippen LogP contribution in [0.3, 0.4) is 0 Å². The summed E-state index contributed by atoms with van der Waals surface area (Å²) in [6.07, 6.45) is 13.3. The molecular weight excluding hydrogens is 208 g/mol. The molecule has 1 atom stereocenters. The first kappa shape index (κ1) is 12.0. The predicted molar refractivity (Wildman–Crippen MR) is 72.2 cm³/mol. The number of piperidine rings is 1. The number of nitrogens with zero attached hydrogens (tertiary/aromatic N) is 1. The molecule has 0 radical (unpaired) electrons. The Hall–Kier alpha value is -0.0800. The quantitative estimate of drug-likeness (QED) is 0.753. The number of hydrogen-bond acceptors (Lipinski definition) is 2. The van der Waals surface area contributed by atoms with E-state index < -0.39 is 0 Å². The molecule has 0 bridgehead atoms. The molecule has 0 aromatic carbocycles. The molecule has 17 heavy (non-hydrogen) atoms. The van der Waals surface area contributed by atoms with E-state index in [0.717, 1.165) is 11.5 Å². The van der Waals surface area contributed by atoms with Crippen molar-refractivity contribution >= 4 is 0 Å². The maximum atomic E-state index is 3.54. The maximum absolute atomic E-state index is 3.54. The topological polar surface area (TPSA) is 15.3 Å². The summed E-state index contributed by atoms with van der Waals surface area (Å²) in [6, 6.07) is 0.892. The third kappa shape index (κ3) is 2.68. The van der Waals surface area contributed by atoms with E-state index in [1.165, 1.54) is 84.0 Å². The molecule has 1 aliphatic carbocycles. The van der Waals surface area contributed by atoms with E-state index in [0.29, 0.717) is 0 Å². The Labute approximate surface area is 106 Å². The molecule has 2 nitrogen and oxygen atoms in total. The van der Waals surface area contributed by atoms with Crippen LogP contribution >= 0.6 is 0 Å². The molecule has 2 heteroatoms. The van der Waals surface area contributed by atoms with E-state index in [1.807, 2.05) is 0 Å². The Bertz CT molecular complexity index is 227. The second kappa shape index (κ2) is 5.27. The van der Waals surface area contributed by atoms with Crippen molar-refractivity contribution in [1.82, 2.24) is 10.2 Å². The highest BCUT2D eigenvalue weighted by molar-refractivity contribution is 4.91. The number of hydrogen-bond donors (Lipinski definition) is 1. The summed E-state index contributed by atoms with van der Waals surface area (Å²) in [7, 11) is 0. The van der Waals surface area contributed by atoms with Crippen LogP contribution in [0, 0.1) is 5.41 Å². The lowest BCUT2D eigenvalue weighted by atomic mass is 9.76. The van der Waals surface area contributed by atoms with Crippen molar-refractivity contribution in [3.8, 4) is 0 Å². The Morgan fingerprint density at radius 1 is 0.824 bits per heavy atom. The van der Waals surface area contributed by atoms with Crippen LogP contribution in [0.5, 0.6) is 0 Å². The van der Waals surface area contributed by atoms with Crippen LogP contribution < -0.4 is 5.32 Å². The Morgan fingerprint density at radius 2 is 1.59 bits per heavy atom.